The van der Waals surface area contributed by atoms with Crippen LogP contribution < -0.4 is 10.5 Å². The van der Waals surface area contributed by atoms with Crippen molar-refractivity contribution in [1.29, 1.82) is 0 Å². The summed E-state index contributed by atoms with van der Waals surface area (Å²) in [5.74, 6) is 0.871. The molecule has 0 bridgehead atoms. The number of piperazine rings is 1. The van der Waals surface area contributed by atoms with Crippen LogP contribution in [0.25, 0.3) is 0 Å². The van der Waals surface area contributed by atoms with Gasteiger partial charge in [0.25, 0.3) is 0 Å². The molecular weight excluding hydrogens is 282 g/mol. The number of nitrogens with zero attached hydrogens (tertiary/aromatic N) is 2. The maximum absolute atomic E-state index is 5.78. The van der Waals surface area contributed by atoms with E-state index in [4.69, 9.17) is 22.7 Å². The summed E-state index contributed by atoms with van der Waals surface area (Å²) in [6.45, 7) is 10.8. The molecule has 0 aliphatic carbocycles. The Hall–Kier alpha value is -1.17. The molecule has 0 spiro atoms. The molecule has 116 valence electrons. The van der Waals surface area contributed by atoms with Gasteiger partial charge in [-0.2, -0.15) is 0 Å². The van der Waals surface area contributed by atoms with E-state index in [1.54, 1.807) is 0 Å². The van der Waals surface area contributed by atoms with Crippen molar-refractivity contribution in [3.05, 3.63) is 29.8 Å². The van der Waals surface area contributed by atoms with Gasteiger partial charge in [0.1, 0.15) is 17.3 Å². The maximum atomic E-state index is 5.78. The predicted molar refractivity (Wildman–Crippen MR) is 91.0 cm³/mol. The summed E-state index contributed by atoms with van der Waals surface area (Å²) in [5, 5.41) is 0. The SMILES string of the molecule is CC(C)N1CCN(CCOc2ccc(C(N)=S)cc2)CC1. The summed E-state index contributed by atoms with van der Waals surface area (Å²) in [4.78, 5) is 5.40. The number of ether oxygens (including phenoxy) is 1. The zero-order valence-electron chi connectivity index (χ0n) is 12.9. The fourth-order valence-electron chi connectivity index (χ4n) is 2.51. The number of rotatable bonds is 6. The second-order valence-corrected chi connectivity index (χ2v) is 6.15. The summed E-state index contributed by atoms with van der Waals surface area (Å²) in [7, 11) is 0. The number of benzene rings is 1. The van der Waals surface area contributed by atoms with Gasteiger partial charge in [0, 0.05) is 44.3 Å². The third-order valence-corrected chi connectivity index (χ3v) is 4.19. The zero-order valence-corrected chi connectivity index (χ0v) is 13.7. The van der Waals surface area contributed by atoms with Crippen LogP contribution in [-0.2, 0) is 0 Å². The van der Waals surface area contributed by atoms with Crippen LogP contribution in [-0.4, -0.2) is 60.2 Å². The minimum absolute atomic E-state index is 0.421. The highest BCUT2D eigenvalue weighted by Crippen LogP contribution is 2.12. The van der Waals surface area contributed by atoms with E-state index in [1.165, 1.54) is 0 Å². The largest absolute Gasteiger partial charge is 0.492 e. The van der Waals surface area contributed by atoms with E-state index in [2.05, 4.69) is 23.6 Å². The van der Waals surface area contributed by atoms with E-state index in [9.17, 15) is 0 Å². The second-order valence-electron chi connectivity index (χ2n) is 5.71. The first kappa shape index (κ1) is 16.2. The minimum Gasteiger partial charge on any atom is -0.492 e. The Morgan fingerprint density at radius 3 is 2.33 bits per heavy atom. The maximum Gasteiger partial charge on any atom is 0.119 e. The number of thiocarbonyl (C=S) groups is 1. The van der Waals surface area contributed by atoms with Crippen molar-refractivity contribution in [1.82, 2.24) is 9.80 Å². The molecule has 5 heteroatoms. The average Bonchev–Trinajstić information content (AvgIpc) is 2.48. The molecular formula is C16H25N3OS. The van der Waals surface area contributed by atoms with E-state index in [-0.39, 0.29) is 0 Å². The molecule has 1 heterocycles. The lowest BCUT2D eigenvalue weighted by molar-refractivity contribution is 0.0971. The molecule has 2 N–H and O–H groups in total. The highest BCUT2D eigenvalue weighted by molar-refractivity contribution is 7.80. The molecule has 1 fully saturated rings. The molecule has 0 aromatic heterocycles. The van der Waals surface area contributed by atoms with E-state index in [0.717, 1.165) is 44.0 Å². The summed E-state index contributed by atoms with van der Waals surface area (Å²) in [6, 6.07) is 8.30. The van der Waals surface area contributed by atoms with Gasteiger partial charge in [0.2, 0.25) is 0 Å². The van der Waals surface area contributed by atoms with Crippen LogP contribution in [0.4, 0.5) is 0 Å². The smallest absolute Gasteiger partial charge is 0.119 e. The first-order chi connectivity index (χ1) is 10.1. The van der Waals surface area contributed by atoms with Crippen LogP contribution in [0.5, 0.6) is 5.75 Å². The molecule has 4 nitrogen and oxygen atoms in total. The molecule has 0 atom stereocenters. The Morgan fingerprint density at radius 2 is 1.81 bits per heavy atom. The zero-order chi connectivity index (χ0) is 15.2. The molecule has 21 heavy (non-hydrogen) atoms. The van der Waals surface area contributed by atoms with Gasteiger partial charge in [-0.1, -0.05) is 12.2 Å². The third kappa shape index (κ3) is 4.95. The molecule has 1 aromatic rings. The monoisotopic (exact) mass is 307 g/mol. The van der Waals surface area contributed by atoms with Crippen molar-refractivity contribution in [2.75, 3.05) is 39.3 Å². The molecule has 0 radical (unpaired) electrons. The van der Waals surface area contributed by atoms with Crippen molar-refractivity contribution in [2.24, 2.45) is 5.73 Å². The summed E-state index contributed by atoms with van der Waals surface area (Å²) < 4.78 is 5.78. The Balaban J connectivity index is 1.69. The van der Waals surface area contributed by atoms with E-state index >= 15 is 0 Å². The molecule has 0 unspecified atom stereocenters. The standard InChI is InChI=1S/C16H25N3OS/c1-13(2)19-9-7-18(8-10-19)11-12-20-15-5-3-14(4-6-15)16(17)21/h3-6,13H,7-12H2,1-2H3,(H2,17,21). The number of hydrogen-bond acceptors (Lipinski definition) is 4. The van der Waals surface area contributed by atoms with Crippen molar-refractivity contribution in [3.63, 3.8) is 0 Å². The molecule has 1 aliphatic rings. The molecule has 1 saturated heterocycles. The van der Waals surface area contributed by atoms with Crippen molar-refractivity contribution in [2.45, 2.75) is 19.9 Å². The topological polar surface area (TPSA) is 41.7 Å². The summed E-state index contributed by atoms with van der Waals surface area (Å²) in [5.41, 5.74) is 6.45. The first-order valence-electron chi connectivity index (χ1n) is 7.55. The van der Waals surface area contributed by atoms with Crippen LogP contribution >= 0.6 is 12.2 Å². The normalized spacial score (nSPS) is 17.1. The van der Waals surface area contributed by atoms with Gasteiger partial charge in [0.15, 0.2) is 0 Å². The van der Waals surface area contributed by atoms with Gasteiger partial charge >= 0.3 is 0 Å². The number of hydrogen-bond donors (Lipinski definition) is 1. The van der Waals surface area contributed by atoms with Crippen LogP contribution in [0.3, 0.4) is 0 Å². The lowest BCUT2D eigenvalue weighted by atomic mass is 10.2. The molecule has 2 rings (SSSR count). The fraction of sp³-hybridized carbons (Fsp3) is 0.562. The van der Waals surface area contributed by atoms with Crippen molar-refractivity contribution < 1.29 is 4.74 Å². The molecule has 0 saturated carbocycles. The highest BCUT2D eigenvalue weighted by atomic mass is 32.1. The first-order valence-corrected chi connectivity index (χ1v) is 7.96. The van der Waals surface area contributed by atoms with E-state index in [0.29, 0.717) is 17.6 Å². The highest BCUT2D eigenvalue weighted by Gasteiger charge is 2.18. The average molecular weight is 307 g/mol. The molecule has 0 amide bonds. The Kier molecular flexibility index (Phi) is 5.96. The van der Waals surface area contributed by atoms with Crippen molar-refractivity contribution in [3.8, 4) is 5.75 Å². The van der Waals surface area contributed by atoms with E-state index < -0.39 is 0 Å². The fourth-order valence-corrected chi connectivity index (χ4v) is 2.65. The van der Waals surface area contributed by atoms with Crippen molar-refractivity contribution >= 4 is 17.2 Å². The number of nitrogens with two attached hydrogens (primary N) is 1. The van der Waals surface area contributed by atoms with Gasteiger partial charge in [-0.25, -0.2) is 0 Å². The van der Waals surface area contributed by atoms with Crippen LogP contribution in [0.1, 0.15) is 19.4 Å². The third-order valence-electron chi connectivity index (χ3n) is 3.95. The van der Waals surface area contributed by atoms with Crippen LogP contribution in [0.15, 0.2) is 24.3 Å². The Morgan fingerprint density at radius 1 is 1.19 bits per heavy atom. The summed E-state index contributed by atoms with van der Waals surface area (Å²) >= 11 is 4.93. The van der Waals surface area contributed by atoms with Gasteiger partial charge in [-0.05, 0) is 38.1 Å². The molecule has 1 aliphatic heterocycles. The Bertz CT molecular complexity index is 453. The van der Waals surface area contributed by atoms with E-state index in [1.807, 2.05) is 24.3 Å². The summed E-state index contributed by atoms with van der Waals surface area (Å²) in [6.07, 6.45) is 0. The lowest BCUT2D eigenvalue weighted by Gasteiger charge is -2.36. The second kappa shape index (κ2) is 7.73. The van der Waals surface area contributed by atoms with Gasteiger partial charge in [-0.3, -0.25) is 9.80 Å². The van der Waals surface area contributed by atoms with Gasteiger partial charge < -0.3 is 10.5 Å². The van der Waals surface area contributed by atoms with Crippen LogP contribution in [0.2, 0.25) is 0 Å². The van der Waals surface area contributed by atoms with Gasteiger partial charge in [-0.15, -0.1) is 0 Å². The Labute approximate surface area is 132 Å². The van der Waals surface area contributed by atoms with Gasteiger partial charge in [0.05, 0.1) is 0 Å². The minimum atomic E-state index is 0.421. The van der Waals surface area contributed by atoms with Crippen LogP contribution in [0, 0.1) is 0 Å². The quantitative estimate of drug-likeness (QED) is 0.811. The lowest BCUT2D eigenvalue weighted by Crippen LogP contribution is -2.49. The predicted octanol–water partition coefficient (Wildman–Crippen LogP) is 1.73. The molecule has 1 aromatic carbocycles.